The van der Waals surface area contributed by atoms with Crippen molar-refractivity contribution in [1.82, 2.24) is 15.2 Å². The fourth-order valence-corrected chi connectivity index (χ4v) is 6.16. The minimum Gasteiger partial charge on any atom is -0.322 e. The van der Waals surface area contributed by atoms with Crippen LogP contribution in [-0.4, -0.2) is 22.4 Å². The minimum absolute atomic E-state index is 0.104. The topological polar surface area (TPSA) is 92.2 Å². The predicted molar refractivity (Wildman–Crippen MR) is 134 cm³/mol. The van der Waals surface area contributed by atoms with Crippen LogP contribution in [0.25, 0.3) is 11.1 Å². The summed E-state index contributed by atoms with van der Waals surface area (Å²) in [4.78, 5) is 38.4. The van der Waals surface area contributed by atoms with Gasteiger partial charge in [0.2, 0.25) is 0 Å². The Bertz CT molecular complexity index is 1360. The summed E-state index contributed by atoms with van der Waals surface area (Å²) in [6.07, 6.45) is 5.75. The first kappa shape index (κ1) is 22.2. The van der Waals surface area contributed by atoms with Crippen LogP contribution < -0.4 is 16.0 Å². The molecule has 3 aromatic rings. The van der Waals surface area contributed by atoms with Crippen molar-refractivity contribution in [3.63, 3.8) is 0 Å². The van der Waals surface area contributed by atoms with Gasteiger partial charge in [0, 0.05) is 22.0 Å². The van der Waals surface area contributed by atoms with Crippen LogP contribution in [0.2, 0.25) is 0 Å². The van der Waals surface area contributed by atoms with Crippen molar-refractivity contribution in [1.29, 1.82) is 0 Å². The third kappa shape index (κ3) is 3.94. The van der Waals surface area contributed by atoms with E-state index in [4.69, 9.17) is 0 Å². The molecule has 0 spiro atoms. The first-order valence-electron chi connectivity index (χ1n) is 11.4. The number of aryl methyl sites for hydroxylation is 3. The molecule has 1 fully saturated rings. The molecule has 174 valence electrons. The number of amides is 4. The molecule has 7 nitrogen and oxygen atoms in total. The van der Waals surface area contributed by atoms with Gasteiger partial charge in [0.05, 0.1) is 5.56 Å². The molecule has 1 aliphatic heterocycles. The Kier molecular flexibility index (Phi) is 5.61. The maximum atomic E-state index is 13.6. The highest BCUT2D eigenvalue weighted by molar-refractivity contribution is 7.15. The number of hydrogen-bond acceptors (Lipinski definition) is 4. The molecule has 1 aliphatic carbocycles. The summed E-state index contributed by atoms with van der Waals surface area (Å²) in [5.74, 6) is -0.548. The van der Waals surface area contributed by atoms with Crippen LogP contribution in [0, 0.1) is 20.8 Å². The summed E-state index contributed by atoms with van der Waals surface area (Å²) >= 11 is 1.67. The standard InChI is InChI=1S/C26H26N4O3S/c1-14-8-10-18(11-9-14)27-24(32)22-19-6-4-5-7-21(19)34-25(22)30-15(2)12-17(16(30)3)13-20-23(31)29-26(33)28-20/h8-13H,4-7H2,1-3H3,(H,27,32)(H2,28,29,31,33)/b20-13+. The van der Waals surface area contributed by atoms with Crippen LogP contribution >= 0.6 is 11.3 Å². The Hall–Kier alpha value is -3.65. The Balaban J connectivity index is 1.59. The number of aromatic nitrogens is 1. The van der Waals surface area contributed by atoms with Crippen molar-refractivity contribution in [2.45, 2.75) is 46.5 Å². The quantitative estimate of drug-likeness (QED) is 0.376. The van der Waals surface area contributed by atoms with Gasteiger partial charge in [0.25, 0.3) is 11.8 Å². The van der Waals surface area contributed by atoms with Gasteiger partial charge in [-0.3, -0.25) is 14.9 Å². The molecule has 0 unspecified atom stereocenters. The van der Waals surface area contributed by atoms with Crippen LogP contribution in [-0.2, 0) is 17.6 Å². The number of carbonyl (C=O) groups excluding carboxylic acids is 3. The largest absolute Gasteiger partial charge is 0.326 e. The summed E-state index contributed by atoms with van der Waals surface area (Å²) in [5, 5.41) is 8.76. The zero-order valence-corrected chi connectivity index (χ0v) is 20.2. The Morgan fingerprint density at radius 2 is 1.79 bits per heavy atom. The van der Waals surface area contributed by atoms with Crippen LogP contribution in [0.5, 0.6) is 0 Å². The lowest BCUT2D eigenvalue weighted by Crippen LogP contribution is -2.22. The van der Waals surface area contributed by atoms with Crippen LogP contribution in [0.3, 0.4) is 0 Å². The van der Waals surface area contributed by atoms with Gasteiger partial charge in [-0.1, -0.05) is 17.7 Å². The summed E-state index contributed by atoms with van der Waals surface area (Å²) in [5.41, 5.74) is 6.68. The van der Waals surface area contributed by atoms with E-state index in [1.807, 2.05) is 51.1 Å². The molecule has 8 heteroatoms. The SMILES string of the molecule is Cc1ccc(NC(=O)c2c(-n3c(C)cc(/C=C4/NC(=O)NC4=O)c3C)sc3c2CCCC3)cc1. The van der Waals surface area contributed by atoms with Crippen molar-refractivity contribution in [2.75, 3.05) is 5.32 Å². The van der Waals surface area contributed by atoms with Gasteiger partial charge in [0.1, 0.15) is 10.7 Å². The van der Waals surface area contributed by atoms with E-state index in [0.29, 0.717) is 0 Å². The van der Waals surface area contributed by atoms with E-state index in [-0.39, 0.29) is 11.6 Å². The second-order valence-electron chi connectivity index (χ2n) is 8.84. The van der Waals surface area contributed by atoms with Crippen molar-refractivity contribution in [3.8, 4) is 5.00 Å². The number of fused-ring (bicyclic) bond motifs is 1. The van der Waals surface area contributed by atoms with E-state index in [0.717, 1.165) is 70.0 Å². The summed E-state index contributed by atoms with van der Waals surface area (Å²) < 4.78 is 2.09. The van der Waals surface area contributed by atoms with Gasteiger partial charge in [-0.2, -0.15) is 0 Å². The number of rotatable bonds is 4. The molecule has 3 N–H and O–H groups in total. The number of imide groups is 1. The van der Waals surface area contributed by atoms with E-state index < -0.39 is 11.9 Å². The third-order valence-corrected chi connectivity index (χ3v) is 7.66. The zero-order chi connectivity index (χ0) is 24.0. The number of anilines is 1. The third-order valence-electron chi connectivity index (χ3n) is 6.38. The maximum absolute atomic E-state index is 13.6. The monoisotopic (exact) mass is 474 g/mol. The Morgan fingerprint density at radius 3 is 2.50 bits per heavy atom. The molecule has 5 rings (SSSR count). The van der Waals surface area contributed by atoms with Crippen molar-refractivity contribution in [2.24, 2.45) is 0 Å². The number of hydrogen-bond donors (Lipinski definition) is 3. The van der Waals surface area contributed by atoms with Crippen molar-refractivity contribution in [3.05, 3.63) is 74.5 Å². The van der Waals surface area contributed by atoms with Gasteiger partial charge >= 0.3 is 6.03 Å². The van der Waals surface area contributed by atoms with E-state index >= 15 is 0 Å². The Morgan fingerprint density at radius 1 is 1.06 bits per heavy atom. The summed E-state index contributed by atoms with van der Waals surface area (Å²) in [6.45, 7) is 5.97. The smallest absolute Gasteiger partial charge is 0.322 e. The first-order chi connectivity index (χ1) is 16.3. The number of benzene rings is 1. The highest BCUT2D eigenvalue weighted by atomic mass is 32.1. The Labute approximate surface area is 201 Å². The summed E-state index contributed by atoms with van der Waals surface area (Å²) in [6, 6.07) is 9.26. The molecule has 3 heterocycles. The van der Waals surface area contributed by atoms with E-state index in [2.05, 4.69) is 20.5 Å². The average molecular weight is 475 g/mol. The second kappa shape index (κ2) is 8.61. The van der Waals surface area contributed by atoms with Gasteiger partial charge in [0.15, 0.2) is 0 Å². The normalized spacial score (nSPS) is 16.4. The fraction of sp³-hybridized carbons (Fsp3) is 0.269. The molecular formula is C26H26N4O3S. The summed E-state index contributed by atoms with van der Waals surface area (Å²) in [7, 11) is 0. The van der Waals surface area contributed by atoms with E-state index in [1.54, 1.807) is 17.4 Å². The first-order valence-corrected chi connectivity index (χ1v) is 12.2. The average Bonchev–Trinajstić information content (AvgIpc) is 3.42. The van der Waals surface area contributed by atoms with Crippen molar-refractivity contribution >= 4 is 40.9 Å². The molecule has 2 aromatic heterocycles. The molecule has 0 bridgehead atoms. The zero-order valence-electron chi connectivity index (χ0n) is 19.4. The molecule has 0 atom stereocenters. The fourth-order valence-electron chi connectivity index (χ4n) is 4.66. The van der Waals surface area contributed by atoms with Crippen LogP contribution in [0.4, 0.5) is 10.5 Å². The highest BCUT2D eigenvalue weighted by Crippen LogP contribution is 2.39. The van der Waals surface area contributed by atoms with Gasteiger partial charge in [-0.15, -0.1) is 11.3 Å². The van der Waals surface area contributed by atoms with Gasteiger partial charge < -0.3 is 15.2 Å². The number of thiophene rings is 1. The highest BCUT2D eigenvalue weighted by Gasteiger charge is 2.29. The predicted octanol–water partition coefficient (Wildman–Crippen LogP) is 4.78. The number of urea groups is 1. The molecular weight excluding hydrogens is 448 g/mol. The molecule has 2 aliphatic rings. The molecule has 1 saturated heterocycles. The van der Waals surface area contributed by atoms with E-state index in [9.17, 15) is 14.4 Å². The molecule has 1 aromatic carbocycles. The molecule has 4 amide bonds. The van der Waals surface area contributed by atoms with Gasteiger partial charge in [-0.05, 0) is 81.9 Å². The lowest BCUT2D eigenvalue weighted by atomic mass is 9.95. The molecule has 0 radical (unpaired) electrons. The minimum atomic E-state index is -0.522. The molecule has 34 heavy (non-hydrogen) atoms. The molecule has 0 saturated carbocycles. The van der Waals surface area contributed by atoms with Crippen LogP contribution in [0.15, 0.2) is 36.0 Å². The van der Waals surface area contributed by atoms with Crippen LogP contribution in [0.1, 0.15) is 56.2 Å². The maximum Gasteiger partial charge on any atom is 0.326 e. The lowest BCUT2D eigenvalue weighted by Gasteiger charge is -2.14. The number of carbonyl (C=O) groups is 3. The van der Waals surface area contributed by atoms with Crippen molar-refractivity contribution < 1.29 is 14.4 Å². The second-order valence-corrected chi connectivity index (χ2v) is 9.92. The lowest BCUT2D eigenvalue weighted by molar-refractivity contribution is -0.115. The number of nitrogens with one attached hydrogen (secondary N) is 3. The number of nitrogens with zero attached hydrogens (tertiary/aromatic N) is 1. The van der Waals surface area contributed by atoms with E-state index in [1.165, 1.54) is 4.88 Å². The van der Waals surface area contributed by atoms with Gasteiger partial charge in [-0.25, -0.2) is 4.79 Å².